The van der Waals surface area contributed by atoms with E-state index in [-0.39, 0.29) is 5.41 Å². The highest BCUT2D eigenvalue weighted by Crippen LogP contribution is 2.42. The second kappa shape index (κ2) is 5.35. The third-order valence-corrected chi connectivity index (χ3v) is 4.55. The maximum Gasteiger partial charge on any atom is 0.174 e. The fourth-order valence-corrected chi connectivity index (χ4v) is 3.67. The number of thiophene rings is 1. The van der Waals surface area contributed by atoms with Gasteiger partial charge in [0.05, 0.1) is 10.9 Å². The summed E-state index contributed by atoms with van der Waals surface area (Å²) in [4.78, 5) is 0. The summed E-state index contributed by atoms with van der Waals surface area (Å²) in [6.07, 6.45) is 3.75. The lowest BCUT2D eigenvalue weighted by Crippen LogP contribution is -2.16. The van der Waals surface area contributed by atoms with Crippen molar-refractivity contribution in [3.8, 4) is 5.06 Å². The standard InChI is InChI=1S/C12H19BrOS/c1-5-6-7-12(2,3)9-8-10(14-4)15-11(9)13/h8H,5-7H2,1-4H3. The van der Waals surface area contributed by atoms with E-state index in [1.165, 1.54) is 28.6 Å². The SMILES string of the molecule is CCCCC(C)(C)c1cc(OC)sc1Br. The van der Waals surface area contributed by atoms with E-state index in [2.05, 4.69) is 42.8 Å². The number of halogens is 1. The van der Waals surface area contributed by atoms with E-state index < -0.39 is 0 Å². The van der Waals surface area contributed by atoms with Crippen LogP contribution >= 0.6 is 27.3 Å². The number of methoxy groups -OCH3 is 1. The summed E-state index contributed by atoms with van der Waals surface area (Å²) in [6, 6.07) is 2.16. The molecule has 0 bridgehead atoms. The highest BCUT2D eigenvalue weighted by Gasteiger charge is 2.24. The van der Waals surface area contributed by atoms with Crippen molar-refractivity contribution in [3.63, 3.8) is 0 Å². The molecule has 15 heavy (non-hydrogen) atoms. The molecule has 0 aromatic carbocycles. The number of unbranched alkanes of at least 4 members (excludes halogenated alkanes) is 1. The molecule has 0 atom stereocenters. The van der Waals surface area contributed by atoms with Crippen molar-refractivity contribution in [2.45, 2.75) is 45.4 Å². The predicted octanol–water partition coefficient (Wildman–Crippen LogP) is 4.99. The van der Waals surface area contributed by atoms with E-state index >= 15 is 0 Å². The minimum Gasteiger partial charge on any atom is -0.487 e. The lowest BCUT2D eigenvalue weighted by atomic mass is 9.82. The Kier molecular flexibility index (Phi) is 4.65. The Hall–Kier alpha value is -0.0200. The molecule has 0 spiro atoms. The molecule has 0 N–H and O–H groups in total. The predicted molar refractivity (Wildman–Crippen MR) is 71.1 cm³/mol. The first-order valence-corrected chi connectivity index (χ1v) is 6.96. The Labute approximate surface area is 105 Å². The summed E-state index contributed by atoms with van der Waals surface area (Å²) in [6.45, 7) is 6.84. The van der Waals surface area contributed by atoms with Gasteiger partial charge in [0.15, 0.2) is 5.06 Å². The van der Waals surface area contributed by atoms with Gasteiger partial charge in [0.25, 0.3) is 0 Å². The Morgan fingerprint density at radius 1 is 1.47 bits per heavy atom. The van der Waals surface area contributed by atoms with E-state index in [1.807, 2.05) is 0 Å². The summed E-state index contributed by atoms with van der Waals surface area (Å²) in [7, 11) is 1.72. The number of rotatable bonds is 5. The zero-order chi connectivity index (χ0) is 11.5. The smallest absolute Gasteiger partial charge is 0.174 e. The molecular formula is C12H19BrOS. The van der Waals surface area contributed by atoms with Crippen molar-refractivity contribution < 1.29 is 4.74 Å². The maximum atomic E-state index is 5.26. The van der Waals surface area contributed by atoms with Crippen LogP contribution in [0.25, 0.3) is 0 Å². The Morgan fingerprint density at radius 2 is 2.13 bits per heavy atom. The fraction of sp³-hybridized carbons (Fsp3) is 0.667. The summed E-state index contributed by atoms with van der Waals surface area (Å²) >= 11 is 5.29. The van der Waals surface area contributed by atoms with Gasteiger partial charge in [-0.15, -0.1) is 0 Å². The van der Waals surface area contributed by atoms with Crippen LogP contribution in [0.15, 0.2) is 9.85 Å². The van der Waals surface area contributed by atoms with E-state index in [9.17, 15) is 0 Å². The molecule has 1 aromatic heterocycles. The van der Waals surface area contributed by atoms with Gasteiger partial charge in [-0.05, 0) is 39.4 Å². The van der Waals surface area contributed by atoms with Crippen molar-refractivity contribution in [2.75, 3.05) is 7.11 Å². The van der Waals surface area contributed by atoms with Crippen LogP contribution in [0.2, 0.25) is 0 Å². The summed E-state index contributed by atoms with van der Waals surface area (Å²) < 4.78 is 6.47. The van der Waals surface area contributed by atoms with Gasteiger partial charge in [-0.2, -0.15) is 0 Å². The van der Waals surface area contributed by atoms with E-state index in [1.54, 1.807) is 18.4 Å². The van der Waals surface area contributed by atoms with Crippen LogP contribution in [0, 0.1) is 0 Å². The van der Waals surface area contributed by atoms with Gasteiger partial charge in [-0.25, -0.2) is 0 Å². The van der Waals surface area contributed by atoms with Crippen molar-refractivity contribution in [1.82, 2.24) is 0 Å². The van der Waals surface area contributed by atoms with E-state index in [0.717, 1.165) is 5.06 Å². The Balaban J connectivity index is 2.87. The highest BCUT2D eigenvalue weighted by molar-refractivity contribution is 9.11. The van der Waals surface area contributed by atoms with E-state index in [0.29, 0.717) is 0 Å². The average Bonchev–Trinajstić information content (AvgIpc) is 2.57. The van der Waals surface area contributed by atoms with Crippen LogP contribution in [-0.2, 0) is 5.41 Å². The number of hydrogen-bond donors (Lipinski definition) is 0. The second-order valence-corrected chi connectivity index (χ2v) is 6.78. The lowest BCUT2D eigenvalue weighted by Gasteiger charge is -2.24. The third kappa shape index (κ3) is 3.22. The molecule has 1 aromatic rings. The molecule has 0 amide bonds. The van der Waals surface area contributed by atoms with Crippen molar-refractivity contribution >= 4 is 27.3 Å². The van der Waals surface area contributed by atoms with Gasteiger partial charge in [-0.1, -0.05) is 44.9 Å². The molecule has 0 fully saturated rings. The second-order valence-electron chi connectivity index (χ2n) is 4.44. The molecule has 1 nitrogen and oxygen atoms in total. The molecule has 0 aliphatic carbocycles. The molecule has 86 valence electrons. The van der Waals surface area contributed by atoms with Crippen molar-refractivity contribution in [1.29, 1.82) is 0 Å². The van der Waals surface area contributed by atoms with Crippen LogP contribution in [-0.4, -0.2) is 7.11 Å². The lowest BCUT2D eigenvalue weighted by molar-refractivity contribution is 0.422. The van der Waals surface area contributed by atoms with Gasteiger partial charge >= 0.3 is 0 Å². The molecular weight excluding hydrogens is 272 g/mol. The topological polar surface area (TPSA) is 9.23 Å². The first kappa shape index (κ1) is 13.0. The normalized spacial score (nSPS) is 11.8. The molecule has 0 unspecified atom stereocenters. The summed E-state index contributed by atoms with van der Waals surface area (Å²) in [5.41, 5.74) is 1.61. The fourth-order valence-electron chi connectivity index (χ4n) is 1.66. The first-order chi connectivity index (χ1) is 7.01. The largest absolute Gasteiger partial charge is 0.487 e. The molecule has 0 saturated heterocycles. The van der Waals surface area contributed by atoms with Crippen LogP contribution in [0.5, 0.6) is 5.06 Å². The molecule has 0 radical (unpaired) electrons. The molecule has 1 heterocycles. The zero-order valence-corrected chi connectivity index (χ0v) is 12.3. The molecule has 0 saturated carbocycles. The van der Waals surface area contributed by atoms with E-state index in [4.69, 9.17) is 4.74 Å². The van der Waals surface area contributed by atoms with Crippen molar-refractivity contribution in [2.24, 2.45) is 0 Å². The van der Waals surface area contributed by atoms with Gasteiger partial charge in [-0.3, -0.25) is 0 Å². The molecule has 1 rings (SSSR count). The zero-order valence-electron chi connectivity index (χ0n) is 9.89. The minimum atomic E-state index is 0.238. The van der Waals surface area contributed by atoms with Crippen molar-refractivity contribution in [3.05, 3.63) is 15.4 Å². The van der Waals surface area contributed by atoms with Gasteiger partial charge in [0.1, 0.15) is 0 Å². The third-order valence-electron chi connectivity index (χ3n) is 2.75. The van der Waals surface area contributed by atoms with Gasteiger partial charge in [0.2, 0.25) is 0 Å². The minimum absolute atomic E-state index is 0.238. The van der Waals surface area contributed by atoms with Gasteiger partial charge in [0, 0.05) is 0 Å². The number of ether oxygens (including phenoxy) is 1. The van der Waals surface area contributed by atoms with Crippen LogP contribution in [0.1, 0.15) is 45.6 Å². The van der Waals surface area contributed by atoms with Gasteiger partial charge < -0.3 is 4.74 Å². The first-order valence-electron chi connectivity index (χ1n) is 5.35. The van der Waals surface area contributed by atoms with Crippen LogP contribution < -0.4 is 4.74 Å². The Morgan fingerprint density at radius 3 is 2.60 bits per heavy atom. The summed E-state index contributed by atoms with van der Waals surface area (Å²) in [5, 5.41) is 0.987. The summed E-state index contributed by atoms with van der Waals surface area (Å²) in [5.74, 6) is 0. The molecule has 0 aliphatic rings. The monoisotopic (exact) mass is 290 g/mol. The number of hydrogen-bond acceptors (Lipinski definition) is 2. The maximum absolute atomic E-state index is 5.26. The average molecular weight is 291 g/mol. The highest BCUT2D eigenvalue weighted by atomic mass is 79.9. The van der Waals surface area contributed by atoms with Crippen LogP contribution in [0.3, 0.4) is 0 Å². The Bertz CT molecular complexity index is 317. The van der Waals surface area contributed by atoms with Crippen LogP contribution in [0.4, 0.5) is 0 Å². The molecule has 3 heteroatoms. The molecule has 0 aliphatic heterocycles. The quantitative estimate of drug-likeness (QED) is 0.743.